The number of aliphatic hydroxyl groups is 1. The van der Waals surface area contributed by atoms with Gasteiger partial charge >= 0.3 is 0 Å². The zero-order valence-electron chi connectivity index (χ0n) is 12.5. The van der Waals surface area contributed by atoms with Crippen LogP contribution in [0.15, 0.2) is 36.8 Å². The lowest BCUT2D eigenvalue weighted by Gasteiger charge is -2.17. The van der Waals surface area contributed by atoms with E-state index in [1.807, 2.05) is 0 Å². The molecule has 1 aliphatic heterocycles. The van der Waals surface area contributed by atoms with Crippen LogP contribution in [0.5, 0.6) is 5.75 Å². The molecule has 1 amide bonds. The highest BCUT2D eigenvalue weighted by molar-refractivity contribution is 5.95. The maximum absolute atomic E-state index is 13.2. The molecular weight excluding hydrogens is 301 g/mol. The smallest absolute Gasteiger partial charge is 0.257 e. The van der Waals surface area contributed by atoms with Crippen molar-refractivity contribution in [2.45, 2.75) is 19.1 Å². The van der Waals surface area contributed by atoms with Crippen LogP contribution in [-0.2, 0) is 0 Å². The molecule has 2 aromatic rings. The number of carbonyl (C=O) groups excluding carboxylic acids is 1. The molecule has 120 valence electrons. The number of benzene rings is 1. The van der Waals surface area contributed by atoms with Gasteiger partial charge in [-0.2, -0.15) is 0 Å². The largest absolute Gasteiger partial charge is 0.486 e. The number of carbonyl (C=O) groups is 1. The van der Waals surface area contributed by atoms with Crippen LogP contribution in [0.2, 0.25) is 0 Å². The molecule has 2 atom stereocenters. The maximum Gasteiger partial charge on any atom is 0.257 e. The summed E-state index contributed by atoms with van der Waals surface area (Å²) >= 11 is 0. The summed E-state index contributed by atoms with van der Waals surface area (Å²) < 4.78 is 18.8. The molecule has 1 fully saturated rings. The molecule has 1 aliphatic rings. The number of hydrogen-bond acceptors (Lipinski definition) is 5. The first-order chi connectivity index (χ1) is 11.0. The van der Waals surface area contributed by atoms with Gasteiger partial charge in [-0.05, 0) is 19.1 Å². The average Bonchev–Trinajstić information content (AvgIpc) is 2.88. The van der Waals surface area contributed by atoms with Crippen molar-refractivity contribution in [2.75, 3.05) is 13.1 Å². The number of rotatable bonds is 3. The lowest BCUT2D eigenvalue weighted by atomic mass is 10.2. The van der Waals surface area contributed by atoms with Crippen molar-refractivity contribution in [1.29, 1.82) is 0 Å². The first kappa shape index (κ1) is 15.4. The summed E-state index contributed by atoms with van der Waals surface area (Å²) in [5, 5.41) is 10.1. The van der Waals surface area contributed by atoms with Crippen LogP contribution in [0.1, 0.15) is 16.1 Å². The third-order valence-corrected chi connectivity index (χ3v) is 3.75. The standard InChI is InChI=1S/C16H16FN3O3/c1-10-13(6-18-9-19-10)16(22)20-7-14(21)15(8-20)23-12-4-2-3-11(17)5-12/h2-6,9,14-15,21H,7-8H2,1H3/t14-,15-/m1/s1. The van der Waals surface area contributed by atoms with Gasteiger partial charge in [0.05, 0.1) is 24.3 Å². The maximum atomic E-state index is 13.2. The van der Waals surface area contributed by atoms with Crippen molar-refractivity contribution in [3.05, 3.63) is 53.9 Å². The molecule has 23 heavy (non-hydrogen) atoms. The van der Waals surface area contributed by atoms with Crippen LogP contribution in [0.3, 0.4) is 0 Å². The van der Waals surface area contributed by atoms with Crippen molar-refractivity contribution in [2.24, 2.45) is 0 Å². The van der Waals surface area contributed by atoms with Crippen molar-refractivity contribution in [3.63, 3.8) is 0 Å². The monoisotopic (exact) mass is 317 g/mol. The molecule has 0 bridgehead atoms. The second kappa shape index (κ2) is 6.29. The number of ether oxygens (including phenoxy) is 1. The van der Waals surface area contributed by atoms with Gasteiger partial charge < -0.3 is 14.7 Å². The minimum absolute atomic E-state index is 0.146. The Hall–Kier alpha value is -2.54. The summed E-state index contributed by atoms with van der Waals surface area (Å²) in [6, 6.07) is 5.69. The zero-order chi connectivity index (χ0) is 16.4. The molecular formula is C16H16FN3O3. The predicted molar refractivity (Wildman–Crippen MR) is 79.5 cm³/mol. The topological polar surface area (TPSA) is 75.6 Å². The van der Waals surface area contributed by atoms with Gasteiger partial charge in [0.1, 0.15) is 30.1 Å². The van der Waals surface area contributed by atoms with Crippen LogP contribution >= 0.6 is 0 Å². The Balaban J connectivity index is 1.71. The van der Waals surface area contributed by atoms with E-state index in [4.69, 9.17) is 4.74 Å². The Morgan fingerprint density at radius 1 is 1.43 bits per heavy atom. The fourth-order valence-corrected chi connectivity index (χ4v) is 2.52. The quantitative estimate of drug-likeness (QED) is 0.920. The number of likely N-dealkylation sites (tertiary alicyclic amines) is 1. The van der Waals surface area contributed by atoms with Crippen LogP contribution in [0, 0.1) is 12.7 Å². The highest BCUT2D eigenvalue weighted by Crippen LogP contribution is 2.21. The molecule has 2 heterocycles. The average molecular weight is 317 g/mol. The Morgan fingerprint density at radius 2 is 2.26 bits per heavy atom. The van der Waals surface area contributed by atoms with Crippen molar-refractivity contribution < 1.29 is 19.0 Å². The van der Waals surface area contributed by atoms with E-state index in [1.165, 1.54) is 35.6 Å². The summed E-state index contributed by atoms with van der Waals surface area (Å²) in [5.74, 6) is -0.352. The van der Waals surface area contributed by atoms with Crippen LogP contribution < -0.4 is 4.74 Å². The summed E-state index contributed by atoms with van der Waals surface area (Å²) in [6.45, 7) is 2.08. The van der Waals surface area contributed by atoms with Crippen molar-refractivity contribution in [1.82, 2.24) is 14.9 Å². The molecule has 0 aliphatic carbocycles. The lowest BCUT2D eigenvalue weighted by molar-refractivity contribution is 0.0727. The Labute approximate surface area is 132 Å². The molecule has 0 unspecified atom stereocenters. The fourth-order valence-electron chi connectivity index (χ4n) is 2.52. The van der Waals surface area contributed by atoms with Crippen molar-refractivity contribution in [3.8, 4) is 5.75 Å². The van der Waals surface area contributed by atoms with E-state index in [9.17, 15) is 14.3 Å². The van der Waals surface area contributed by atoms with E-state index in [0.29, 0.717) is 17.0 Å². The highest BCUT2D eigenvalue weighted by Gasteiger charge is 2.36. The van der Waals surface area contributed by atoms with E-state index in [-0.39, 0.29) is 19.0 Å². The van der Waals surface area contributed by atoms with E-state index >= 15 is 0 Å². The van der Waals surface area contributed by atoms with Crippen molar-refractivity contribution >= 4 is 5.91 Å². The molecule has 1 aromatic heterocycles. The minimum atomic E-state index is -0.841. The van der Waals surface area contributed by atoms with Gasteiger partial charge in [0, 0.05) is 12.3 Å². The van der Waals surface area contributed by atoms with E-state index < -0.39 is 18.0 Å². The first-order valence-corrected chi connectivity index (χ1v) is 7.21. The molecule has 0 saturated carbocycles. The third-order valence-electron chi connectivity index (χ3n) is 3.75. The van der Waals surface area contributed by atoms with Gasteiger partial charge in [-0.1, -0.05) is 6.07 Å². The molecule has 0 radical (unpaired) electrons. The SMILES string of the molecule is Cc1ncncc1C(=O)N1C[C@@H](O)[C@H](Oc2cccc(F)c2)C1. The minimum Gasteiger partial charge on any atom is -0.486 e. The lowest BCUT2D eigenvalue weighted by Crippen LogP contribution is -2.31. The number of hydrogen-bond donors (Lipinski definition) is 1. The molecule has 1 N–H and O–H groups in total. The van der Waals surface area contributed by atoms with Crippen LogP contribution in [-0.4, -0.2) is 51.2 Å². The molecule has 1 saturated heterocycles. The Kier molecular flexibility index (Phi) is 4.20. The number of nitrogens with zero attached hydrogens (tertiary/aromatic N) is 3. The molecule has 6 nitrogen and oxygen atoms in total. The number of β-amino-alcohol motifs (C(OH)–C–C–N with tert-alkyl or cyclic N) is 1. The van der Waals surface area contributed by atoms with Gasteiger partial charge in [0.15, 0.2) is 0 Å². The Bertz CT molecular complexity index is 725. The summed E-state index contributed by atoms with van der Waals surface area (Å²) in [5.41, 5.74) is 0.972. The summed E-state index contributed by atoms with van der Waals surface area (Å²) in [7, 11) is 0. The zero-order valence-corrected chi connectivity index (χ0v) is 12.5. The first-order valence-electron chi connectivity index (χ1n) is 7.21. The summed E-state index contributed by atoms with van der Waals surface area (Å²) in [4.78, 5) is 21.8. The fraction of sp³-hybridized carbons (Fsp3) is 0.312. The summed E-state index contributed by atoms with van der Waals surface area (Å²) in [6.07, 6.45) is 1.39. The van der Waals surface area contributed by atoms with Gasteiger partial charge in [0.25, 0.3) is 5.91 Å². The van der Waals surface area contributed by atoms with Gasteiger partial charge in [-0.3, -0.25) is 4.79 Å². The van der Waals surface area contributed by atoms with Gasteiger partial charge in [-0.25, -0.2) is 14.4 Å². The number of aryl methyl sites for hydroxylation is 1. The molecule has 7 heteroatoms. The Morgan fingerprint density at radius 3 is 3.00 bits per heavy atom. The second-order valence-corrected chi connectivity index (χ2v) is 5.41. The normalized spacial score (nSPS) is 20.6. The second-order valence-electron chi connectivity index (χ2n) is 5.41. The number of aliphatic hydroxyl groups excluding tert-OH is 1. The van der Waals surface area contributed by atoms with Gasteiger partial charge in [0.2, 0.25) is 0 Å². The predicted octanol–water partition coefficient (Wildman–Crippen LogP) is 1.19. The molecule has 1 aromatic carbocycles. The van der Waals surface area contributed by atoms with E-state index in [2.05, 4.69) is 9.97 Å². The van der Waals surface area contributed by atoms with Crippen LogP contribution in [0.25, 0.3) is 0 Å². The molecule has 0 spiro atoms. The van der Waals surface area contributed by atoms with Gasteiger partial charge in [-0.15, -0.1) is 0 Å². The number of aromatic nitrogens is 2. The highest BCUT2D eigenvalue weighted by atomic mass is 19.1. The molecule has 3 rings (SSSR count). The third kappa shape index (κ3) is 3.29. The van der Waals surface area contributed by atoms with Crippen LogP contribution in [0.4, 0.5) is 4.39 Å². The number of amides is 1. The van der Waals surface area contributed by atoms with E-state index in [0.717, 1.165) is 0 Å². The number of halogens is 1. The van der Waals surface area contributed by atoms with E-state index in [1.54, 1.807) is 13.0 Å².